The quantitative estimate of drug-likeness (QED) is 0.706. The fraction of sp³-hybridized carbons (Fsp3) is 0. The molecule has 0 saturated carbocycles. The van der Waals surface area contributed by atoms with Crippen LogP contribution in [0.1, 0.15) is 0 Å². The molecule has 0 aromatic carbocycles. The van der Waals surface area contributed by atoms with Crippen LogP contribution in [0.3, 0.4) is 0 Å². The van der Waals surface area contributed by atoms with E-state index in [1.165, 1.54) is 0 Å². The third-order valence-corrected chi connectivity index (χ3v) is 1.63. The number of aromatic nitrogens is 1. The Balaban J connectivity index is 2.86. The maximum Gasteiger partial charge on any atom is 0.409 e. The molecule has 0 aliphatic rings. The van der Waals surface area contributed by atoms with E-state index in [2.05, 4.69) is 26.2 Å². The highest BCUT2D eigenvalue weighted by Crippen LogP contribution is 2.17. The Morgan fingerprint density at radius 2 is 2.45 bits per heavy atom. The van der Waals surface area contributed by atoms with Crippen molar-refractivity contribution in [1.82, 2.24) is 4.98 Å². The lowest BCUT2D eigenvalue weighted by Crippen LogP contribution is -2.07. The van der Waals surface area contributed by atoms with E-state index in [0.29, 0.717) is 10.3 Å². The number of nitrogens with one attached hydrogen (secondary N) is 1. The van der Waals surface area contributed by atoms with Crippen LogP contribution in [0.5, 0.6) is 0 Å². The van der Waals surface area contributed by atoms with Crippen molar-refractivity contribution in [3.63, 3.8) is 0 Å². The van der Waals surface area contributed by atoms with E-state index in [0.717, 1.165) is 0 Å². The highest BCUT2D eigenvalue weighted by atomic mass is 79.9. The molecule has 1 rings (SSSR count). The zero-order valence-electron chi connectivity index (χ0n) is 5.41. The van der Waals surface area contributed by atoms with Gasteiger partial charge in [-0.2, -0.15) is 0 Å². The number of carbonyl (C=O) groups is 1. The number of rotatable bonds is 1. The molecule has 0 unspecified atom stereocenters. The molecule has 0 aliphatic carbocycles. The van der Waals surface area contributed by atoms with Gasteiger partial charge in [0.05, 0.1) is 5.69 Å². The molecule has 2 N–H and O–H groups in total. The van der Waals surface area contributed by atoms with Crippen molar-refractivity contribution >= 4 is 27.7 Å². The van der Waals surface area contributed by atoms with Gasteiger partial charge in [-0.05, 0) is 28.1 Å². The number of pyridine rings is 1. The zero-order valence-corrected chi connectivity index (χ0v) is 7.00. The Morgan fingerprint density at radius 3 is 3.00 bits per heavy atom. The second-order valence-corrected chi connectivity index (χ2v) is 2.52. The van der Waals surface area contributed by atoms with Gasteiger partial charge in [-0.15, -0.1) is 0 Å². The Hall–Kier alpha value is -1.10. The topological polar surface area (TPSA) is 62.2 Å². The minimum absolute atomic E-state index is 0.444. The van der Waals surface area contributed by atoms with E-state index in [9.17, 15) is 4.79 Å². The standard InChI is InChI=1S/C6H5BrN2O2/c7-5-4(9-6(10)11)2-1-3-8-5/h1-3,9H,(H,10,11). The zero-order chi connectivity index (χ0) is 8.27. The van der Waals surface area contributed by atoms with Gasteiger partial charge >= 0.3 is 6.09 Å². The van der Waals surface area contributed by atoms with Gasteiger partial charge in [0.15, 0.2) is 0 Å². The van der Waals surface area contributed by atoms with Crippen LogP contribution in [0, 0.1) is 0 Å². The van der Waals surface area contributed by atoms with E-state index in [1.807, 2.05) is 0 Å². The number of hydrogen-bond donors (Lipinski definition) is 2. The molecule has 58 valence electrons. The summed E-state index contributed by atoms with van der Waals surface area (Å²) in [5.41, 5.74) is 0.444. The summed E-state index contributed by atoms with van der Waals surface area (Å²) in [7, 11) is 0. The largest absolute Gasteiger partial charge is 0.465 e. The van der Waals surface area contributed by atoms with Crippen molar-refractivity contribution in [2.24, 2.45) is 0 Å². The first-order valence-electron chi connectivity index (χ1n) is 2.80. The van der Waals surface area contributed by atoms with Crippen LogP contribution in [0.25, 0.3) is 0 Å². The highest BCUT2D eigenvalue weighted by molar-refractivity contribution is 9.10. The van der Waals surface area contributed by atoms with E-state index >= 15 is 0 Å². The second-order valence-electron chi connectivity index (χ2n) is 1.77. The maximum absolute atomic E-state index is 10.2. The normalized spacial score (nSPS) is 9.18. The number of carboxylic acid groups (broad SMARTS) is 1. The van der Waals surface area contributed by atoms with Crippen LogP contribution in [0.4, 0.5) is 10.5 Å². The highest BCUT2D eigenvalue weighted by Gasteiger charge is 2.01. The van der Waals surface area contributed by atoms with Gasteiger partial charge in [0, 0.05) is 6.20 Å². The second kappa shape index (κ2) is 3.34. The SMILES string of the molecule is O=C(O)Nc1cccnc1Br. The molecule has 4 nitrogen and oxygen atoms in total. The molecular weight excluding hydrogens is 212 g/mol. The van der Waals surface area contributed by atoms with Crippen molar-refractivity contribution in [2.75, 3.05) is 5.32 Å². The minimum Gasteiger partial charge on any atom is -0.465 e. The molecule has 0 bridgehead atoms. The lowest BCUT2D eigenvalue weighted by molar-refractivity contribution is 0.209. The van der Waals surface area contributed by atoms with Gasteiger partial charge in [-0.3, -0.25) is 5.32 Å². The number of hydrogen-bond acceptors (Lipinski definition) is 2. The summed E-state index contributed by atoms with van der Waals surface area (Å²) in [6.45, 7) is 0. The van der Waals surface area contributed by atoms with Crippen molar-refractivity contribution in [3.8, 4) is 0 Å². The molecule has 1 heterocycles. The van der Waals surface area contributed by atoms with Crippen LogP contribution in [0.15, 0.2) is 22.9 Å². The smallest absolute Gasteiger partial charge is 0.409 e. The third kappa shape index (κ3) is 2.19. The average Bonchev–Trinajstić information content (AvgIpc) is 1.93. The third-order valence-electron chi connectivity index (χ3n) is 1.00. The monoisotopic (exact) mass is 216 g/mol. The first-order chi connectivity index (χ1) is 5.20. The molecular formula is C6H5BrN2O2. The summed E-state index contributed by atoms with van der Waals surface area (Å²) in [4.78, 5) is 14.0. The van der Waals surface area contributed by atoms with Crippen LogP contribution >= 0.6 is 15.9 Å². The first kappa shape index (κ1) is 8.00. The van der Waals surface area contributed by atoms with Crippen molar-refractivity contribution < 1.29 is 9.90 Å². The first-order valence-corrected chi connectivity index (χ1v) is 3.60. The van der Waals surface area contributed by atoms with Crippen LogP contribution in [-0.4, -0.2) is 16.2 Å². The fourth-order valence-electron chi connectivity index (χ4n) is 0.594. The van der Waals surface area contributed by atoms with Gasteiger partial charge in [0.2, 0.25) is 0 Å². The average molecular weight is 217 g/mol. The summed E-state index contributed by atoms with van der Waals surface area (Å²) in [6.07, 6.45) is 0.468. The predicted octanol–water partition coefficient (Wildman–Crippen LogP) is 1.93. The van der Waals surface area contributed by atoms with E-state index in [-0.39, 0.29) is 0 Å². The fourth-order valence-corrected chi connectivity index (χ4v) is 0.944. The van der Waals surface area contributed by atoms with Crippen molar-refractivity contribution in [3.05, 3.63) is 22.9 Å². The van der Waals surface area contributed by atoms with Crippen LogP contribution in [0.2, 0.25) is 0 Å². The van der Waals surface area contributed by atoms with E-state index in [1.54, 1.807) is 18.3 Å². The summed E-state index contributed by atoms with van der Waals surface area (Å²) >= 11 is 3.09. The molecule has 0 saturated heterocycles. The molecule has 11 heavy (non-hydrogen) atoms. The van der Waals surface area contributed by atoms with E-state index < -0.39 is 6.09 Å². The number of amides is 1. The van der Waals surface area contributed by atoms with Gasteiger partial charge in [-0.1, -0.05) is 0 Å². The molecule has 0 atom stereocenters. The number of anilines is 1. The minimum atomic E-state index is -1.10. The number of nitrogens with zero attached hydrogens (tertiary/aromatic N) is 1. The molecule has 0 aliphatic heterocycles. The molecule has 5 heteroatoms. The molecule has 0 radical (unpaired) electrons. The molecule has 0 fully saturated rings. The summed E-state index contributed by atoms with van der Waals surface area (Å²) in [6, 6.07) is 3.27. The lowest BCUT2D eigenvalue weighted by atomic mass is 10.4. The van der Waals surface area contributed by atoms with Crippen molar-refractivity contribution in [1.29, 1.82) is 0 Å². The molecule has 1 amide bonds. The maximum atomic E-state index is 10.2. The van der Waals surface area contributed by atoms with Crippen LogP contribution in [-0.2, 0) is 0 Å². The van der Waals surface area contributed by atoms with Crippen molar-refractivity contribution in [2.45, 2.75) is 0 Å². The Morgan fingerprint density at radius 1 is 1.73 bits per heavy atom. The van der Waals surface area contributed by atoms with Gasteiger partial charge < -0.3 is 5.11 Å². The Bertz CT molecular complexity index is 277. The summed E-state index contributed by atoms with van der Waals surface area (Å²) < 4.78 is 0.488. The van der Waals surface area contributed by atoms with Crippen LogP contribution < -0.4 is 5.32 Å². The van der Waals surface area contributed by atoms with Gasteiger partial charge in [0.1, 0.15) is 4.60 Å². The lowest BCUT2D eigenvalue weighted by Gasteiger charge is -2.00. The molecule has 1 aromatic heterocycles. The summed E-state index contributed by atoms with van der Waals surface area (Å²) in [5.74, 6) is 0. The predicted molar refractivity (Wildman–Crippen MR) is 43.6 cm³/mol. The van der Waals surface area contributed by atoms with Gasteiger partial charge in [-0.25, -0.2) is 9.78 Å². The Kier molecular flexibility index (Phi) is 2.43. The molecule has 0 spiro atoms. The summed E-state index contributed by atoms with van der Waals surface area (Å²) in [5, 5.41) is 10.5. The molecule has 1 aromatic rings. The Labute approximate surface area is 71.4 Å². The van der Waals surface area contributed by atoms with Gasteiger partial charge in [0.25, 0.3) is 0 Å². The van der Waals surface area contributed by atoms with E-state index in [4.69, 9.17) is 5.11 Å². The number of halogens is 1.